The Morgan fingerprint density at radius 2 is 0.836 bits per heavy atom. The lowest BCUT2D eigenvalue weighted by molar-refractivity contribution is 0.299. The lowest BCUT2D eigenvalue weighted by Gasteiger charge is -2.48. The first-order chi connectivity index (χ1) is 26.8. The van der Waals surface area contributed by atoms with Crippen LogP contribution in [0.4, 0.5) is 0 Å². The van der Waals surface area contributed by atoms with Crippen LogP contribution >= 0.6 is 0 Å². The molecule has 0 N–H and O–H groups in total. The Hall–Kier alpha value is -6.65. The fourth-order valence-corrected chi connectivity index (χ4v) is 8.55. The molecule has 10 rings (SSSR count). The second kappa shape index (κ2) is 12.5. The minimum atomic E-state index is -0.0225. The highest BCUT2D eigenvalue weighted by Gasteiger charge is 2.45. The van der Waals surface area contributed by atoms with E-state index in [1.807, 2.05) is 60.7 Å². The van der Waals surface area contributed by atoms with Crippen LogP contribution in [0.1, 0.15) is 38.8 Å². The second-order valence-corrected chi connectivity index (χ2v) is 15.7. The van der Waals surface area contributed by atoms with Gasteiger partial charge in [0.2, 0.25) is 0 Å². The smallest absolute Gasteiger partial charge is 0.164 e. The van der Waals surface area contributed by atoms with Crippen molar-refractivity contribution in [2.75, 3.05) is 0 Å². The van der Waals surface area contributed by atoms with Crippen LogP contribution in [0.2, 0.25) is 0 Å². The molecule has 7 aromatic carbocycles. The third-order valence-electron chi connectivity index (χ3n) is 12.2. The third kappa shape index (κ3) is 5.24. The molecule has 0 fully saturated rings. The molecule has 0 radical (unpaired) electrons. The predicted octanol–water partition coefficient (Wildman–Crippen LogP) is 12.9. The molecule has 0 saturated heterocycles. The van der Waals surface area contributed by atoms with E-state index >= 15 is 0 Å². The summed E-state index contributed by atoms with van der Waals surface area (Å²) >= 11 is 0. The molecule has 55 heavy (non-hydrogen) atoms. The normalized spacial score (nSPS) is 14.1. The summed E-state index contributed by atoms with van der Waals surface area (Å²) in [4.78, 5) is 14.8. The first-order valence-corrected chi connectivity index (χ1v) is 19.0. The highest BCUT2D eigenvalue weighted by Crippen LogP contribution is 2.54. The standard InChI is InChI=1S/C51H40N4/c1-50(2)43-21-13-11-19-39(43)42-31-36(26-30-44(42)51(50,3)4)37-25-29-41-40-20-12-14-22-45(40)55(46(41)32-37)38-27-23-35(24-28-38)49-53-47(33-15-7-5-8-16-33)52-48(54-49)34-17-9-6-10-18-34/h5-32H,1-4H3. The Morgan fingerprint density at radius 1 is 0.364 bits per heavy atom. The number of aromatic nitrogens is 4. The molecular formula is C51H40N4. The molecule has 2 aromatic heterocycles. The monoisotopic (exact) mass is 708 g/mol. The number of nitrogens with zero attached hydrogens (tertiary/aromatic N) is 4. The van der Waals surface area contributed by atoms with E-state index in [4.69, 9.17) is 15.0 Å². The van der Waals surface area contributed by atoms with Crippen molar-refractivity contribution >= 4 is 21.8 Å². The Bertz CT molecular complexity index is 2840. The summed E-state index contributed by atoms with van der Waals surface area (Å²) in [6.07, 6.45) is 0. The molecule has 0 bridgehead atoms. The number of hydrogen-bond acceptors (Lipinski definition) is 3. The number of benzene rings is 7. The van der Waals surface area contributed by atoms with Gasteiger partial charge in [-0.1, -0.05) is 155 Å². The molecule has 0 saturated carbocycles. The average molecular weight is 709 g/mol. The molecule has 4 nitrogen and oxygen atoms in total. The molecule has 9 aromatic rings. The predicted molar refractivity (Wildman–Crippen MR) is 227 cm³/mol. The summed E-state index contributed by atoms with van der Waals surface area (Å²) in [6, 6.07) is 60.5. The maximum absolute atomic E-state index is 4.97. The van der Waals surface area contributed by atoms with Crippen molar-refractivity contribution in [3.8, 4) is 62.1 Å². The minimum Gasteiger partial charge on any atom is -0.309 e. The van der Waals surface area contributed by atoms with Crippen LogP contribution in [0.5, 0.6) is 0 Å². The van der Waals surface area contributed by atoms with Gasteiger partial charge in [0, 0.05) is 33.2 Å². The molecular weight excluding hydrogens is 669 g/mol. The molecule has 0 spiro atoms. The van der Waals surface area contributed by atoms with Gasteiger partial charge >= 0.3 is 0 Å². The number of fused-ring (bicyclic) bond motifs is 6. The average Bonchev–Trinajstić information content (AvgIpc) is 3.57. The van der Waals surface area contributed by atoms with Crippen molar-refractivity contribution in [3.63, 3.8) is 0 Å². The number of hydrogen-bond donors (Lipinski definition) is 0. The van der Waals surface area contributed by atoms with Crippen LogP contribution in [0.25, 0.3) is 83.9 Å². The maximum Gasteiger partial charge on any atom is 0.164 e. The van der Waals surface area contributed by atoms with Crippen molar-refractivity contribution < 1.29 is 0 Å². The van der Waals surface area contributed by atoms with Gasteiger partial charge in [0.1, 0.15) is 0 Å². The summed E-state index contributed by atoms with van der Waals surface area (Å²) in [6.45, 7) is 9.55. The molecule has 264 valence electrons. The van der Waals surface area contributed by atoms with Gasteiger partial charge in [-0.2, -0.15) is 0 Å². The minimum absolute atomic E-state index is 0.00536. The van der Waals surface area contributed by atoms with E-state index in [9.17, 15) is 0 Å². The van der Waals surface area contributed by atoms with E-state index in [1.54, 1.807) is 0 Å². The van der Waals surface area contributed by atoms with Crippen molar-refractivity contribution in [2.24, 2.45) is 0 Å². The molecule has 0 amide bonds. The van der Waals surface area contributed by atoms with Gasteiger partial charge in [-0.15, -0.1) is 0 Å². The summed E-state index contributed by atoms with van der Waals surface area (Å²) in [7, 11) is 0. The summed E-state index contributed by atoms with van der Waals surface area (Å²) < 4.78 is 2.38. The second-order valence-electron chi connectivity index (χ2n) is 15.7. The topological polar surface area (TPSA) is 43.6 Å². The third-order valence-corrected chi connectivity index (χ3v) is 12.2. The highest BCUT2D eigenvalue weighted by atomic mass is 15.0. The Labute approximate surface area is 321 Å². The SMILES string of the molecule is CC1(C)c2ccccc2-c2cc(-c3ccc4c5ccccc5n(-c5ccc(-c6nc(-c7ccccc7)nc(-c7ccccc7)n6)cc5)c4c3)ccc2C1(C)C. The van der Waals surface area contributed by atoms with Crippen molar-refractivity contribution in [1.82, 2.24) is 19.5 Å². The molecule has 1 aliphatic rings. The van der Waals surface area contributed by atoms with Crippen molar-refractivity contribution in [2.45, 2.75) is 38.5 Å². The zero-order chi connectivity index (χ0) is 37.3. The highest BCUT2D eigenvalue weighted by molar-refractivity contribution is 6.10. The maximum atomic E-state index is 4.97. The van der Waals surface area contributed by atoms with Gasteiger partial charge in [-0.05, 0) is 86.7 Å². The number of rotatable bonds is 5. The van der Waals surface area contributed by atoms with Crippen molar-refractivity contribution in [1.29, 1.82) is 0 Å². The molecule has 0 atom stereocenters. The van der Waals surface area contributed by atoms with E-state index in [0.717, 1.165) is 22.4 Å². The molecule has 1 aliphatic carbocycles. The van der Waals surface area contributed by atoms with Gasteiger partial charge in [0.05, 0.1) is 11.0 Å². The van der Waals surface area contributed by atoms with Crippen LogP contribution in [0.15, 0.2) is 170 Å². The zero-order valence-corrected chi connectivity index (χ0v) is 31.5. The first kappa shape index (κ1) is 33.0. The summed E-state index contributed by atoms with van der Waals surface area (Å²) in [5.74, 6) is 1.95. The molecule has 0 unspecified atom stereocenters. The van der Waals surface area contributed by atoms with Gasteiger partial charge in [0.15, 0.2) is 17.5 Å². The summed E-state index contributed by atoms with van der Waals surface area (Å²) in [5, 5.41) is 2.46. The molecule has 2 heterocycles. The Morgan fingerprint density at radius 3 is 1.49 bits per heavy atom. The van der Waals surface area contributed by atoms with E-state index < -0.39 is 0 Å². The fraction of sp³-hybridized carbons (Fsp3) is 0.118. The quantitative estimate of drug-likeness (QED) is 0.179. The van der Waals surface area contributed by atoms with Crippen LogP contribution in [-0.2, 0) is 10.8 Å². The van der Waals surface area contributed by atoms with E-state index in [2.05, 4.69) is 141 Å². The molecule has 0 aliphatic heterocycles. The van der Waals surface area contributed by atoms with Crippen LogP contribution < -0.4 is 0 Å². The van der Waals surface area contributed by atoms with Crippen LogP contribution in [0.3, 0.4) is 0 Å². The number of para-hydroxylation sites is 1. The zero-order valence-electron chi connectivity index (χ0n) is 31.5. The van der Waals surface area contributed by atoms with E-state index in [1.165, 1.54) is 55.2 Å². The van der Waals surface area contributed by atoms with Gasteiger partial charge in [-0.3, -0.25) is 0 Å². The largest absolute Gasteiger partial charge is 0.309 e. The lowest BCUT2D eigenvalue weighted by Crippen LogP contribution is -2.43. The van der Waals surface area contributed by atoms with Gasteiger partial charge < -0.3 is 4.57 Å². The first-order valence-electron chi connectivity index (χ1n) is 19.0. The van der Waals surface area contributed by atoms with Gasteiger partial charge in [-0.25, -0.2) is 15.0 Å². The van der Waals surface area contributed by atoms with E-state index in [0.29, 0.717) is 17.5 Å². The Balaban J connectivity index is 1.09. The van der Waals surface area contributed by atoms with Gasteiger partial charge in [0.25, 0.3) is 0 Å². The fourth-order valence-electron chi connectivity index (χ4n) is 8.55. The molecule has 4 heteroatoms. The Kier molecular flexibility index (Phi) is 7.47. The van der Waals surface area contributed by atoms with Crippen LogP contribution in [0, 0.1) is 0 Å². The lowest BCUT2D eigenvalue weighted by atomic mass is 9.55. The van der Waals surface area contributed by atoms with Crippen molar-refractivity contribution in [3.05, 3.63) is 181 Å². The summed E-state index contributed by atoms with van der Waals surface area (Å²) in [5.41, 5.74) is 14.1. The van der Waals surface area contributed by atoms with Crippen LogP contribution in [-0.4, -0.2) is 19.5 Å². The van der Waals surface area contributed by atoms with E-state index in [-0.39, 0.29) is 10.8 Å².